The van der Waals surface area contributed by atoms with Crippen LogP contribution in [0.3, 0.4) is 0 Å². The summed E-state index contributed by atoms with van der Waals surface area (Å²) in [5.74, 6) is 0. The van der Waals surface area contributed by atoms with Gasteiger partial charge in [-0.05, 0) is 0 Å². The van der Waals surface area contributed by atoms with Gasteiger partial charge in [-0.25, -0.2) is 0 Å². The summed E-state index contributed by atoms with van der Waals surface area (Å²) in [7, 11) is 0. The third kappa shape index (κ3) is 11.1. The first-order valence-electron chi connectivity index (χ1n) is 6.51. The Morgan fingerprint density at radius 2 is 0.688 bits per heavy atom. The molecule has 0 atom stereocenters. The van der Waals surface area contributed by atoms with Gasteiger partial charge in [0.15, 0.2) is 0 Å². The minimum atomic E-state index is -0.682. The summed E-state index contributed by atoms with van der Waals surface area (Å²) in [5.41, 5.74) is 1.57. The molecule has 0 unspecified atom stereocenters. The van der Waals surface area contributed by atoms with Crippen molar-refractivity contribution in [3.05, 3.63) is 0 Å². The van der Waals surface area contributed by atoms with Gasteiger partial charge < -0.3 is 0 Å². The molecular weight excluding hydrogens is 255 g/mol. The van der Waals surface area contributed by atoms with Crippen LogP contribution >= 0.6 is 0 Å². The predicted octanol–water partition coefficient (Wildman–Crippen LogP) is 5.62. The number of hydrogen-bond acceptors (Lipinski definition) is 0. The summed E-state index contributed by atoms with van der Waals surface area (Å²) in [5, 5.41) is 4.48. The fraction of sp³-hybridized carbons (Fsp3) is 1.00. The van der Waals surface area contributed by atoms with Gasteiger partial charge in [0.1, 0.15) is 0 Å². The van der Waals surface area contributed by atoms with Crippen LogP contribution in [0.15, 0.2) is 0 Å². The molecule has 0 heterocycles. The molecule has 0 aliphatic carbocycles. The maximum atomic E-state index is 2.40. The molecule has 0 rings (SSSR count). The average molecular weight is 288 g/mol. The van der Waals surface area contributed by atoms with Crippen molar-refractivity contribution >= 4 is 14.7 Å². The van der Waals surface area contributed by atoms with Crippen LogP contribution in [0.1, 0.15) is 62.3 Å². The third-order valence-corrected chi connectivity index (χ3v) is 10.9. The van der Waals surface area contributed by atoms with Crippen LogP contribution < -0.4 is 0 Å². The summed E-state index contributed by atoms with van der Waals surface area (Å²) in [6.45, 7) is 21.6. The van der Waals surface area contributed by atoms with E-state index in [2.05, 4.69) is 62.3 Å². The van der Waals surface area contributed by atoms with Crippen molar-refractivity contribution in [2.45, 2.75) is 77.9 Å². The Hall–Kier alpha value is 0.558. The minimum absolute atomic E-state index is 0.524. The van der Waals surface area contributed by atoms with Crippen molar-refractivity contribution < 1.29 is 0 Å². The Kier molecular flexibility index (Phi) is 5.66. The van der Waals surface area contributed by atoms with Crippen LogP contribution in [-0.4, -0.2) is 14.7 Å². The maximum absolute atomic E-state index is 2.40. The first-order valence-corrected chi connectivity index (χ1v) is 10.5. The second-order valence-corrected chi connectivity index (χ2v) is 13.6. The van der Waals surface area contributed by atoms with Crippen LogP contribution in [0.5, 0.6) is 0 Å². The number of hydrogen-bond donors (Lipinski definition) is 0. The van der Waals surface area contributed by atoms with Crippen molar-refractivity contribution in [3.8, 4) is 0 Å². The molecule has 98 valence electrons. The van der Waals surface area contributed by atoms with Crippen molar-refractivity contribution in [1.82, 2.24) is 0 Å². The van der Waals surface area contributed by atoms with Crippen LogP contribution in [0.2, 0.25) is 15.6 Å². The topological polar surface area (TPSA) is 0 Å². The summed E-state index contributed by atoms with van der Waals surface area (Å²) in [4.78, 5) is 0. The zero-order valence-electron chi connectivity index (χ0n) is 13.1. The molecule has 16 heavy (non-hydrogen) atoms. The van der Waals surface area contributed by atoms with E-state index in [1.807, 2.05) is 0 Å². The molecular formula is C15H33As. The molecule has 0 fully saturated rings. The van der Waals surface area contributed by atoms with E-state index in [1.54, 1.807) is 0 Å². The molecule has 0 aliphatic heterocycles. The third-order valence-electron chi connectivity index (χ3n) is 2.09. The zero-order chi connectivity index (χ0) is 13.2. The van der Waals surface area contributed by atoms with Gasteiger partial charge >= 0.3 is 109 Å². The Balaban J connectivity index is 4.53. The molecule has 0 saturated carbocycles. The molecule has 0 bridgehead atoms. The fourth-order valence-electron chi connectivity index (χ4n) is 2.18. The molecule has 0 nitrogen and oxygen atoms in total. The van der Waals surface area contributed by atoms with E-state index in [0.717, 1.165) is 0 Å². The van der Waals surface area contributed by atoms with Crippen molar-refractivity contribution in [1.29, 1.82) is 0 Å². The predicted molar refractivity (Wildman–Crippen MR) is 78.5 cm³/mol. The Morgan fingerprint density at radius 3 is 0.812 bits per heavy atom. The van der Waals surface area contributed by atoms with Crippen LogP contribution in [0, 0.1) is 16.2 Å². The van der Waals surface area contributed by atoms with Crippen LogP contribution in [0.25, 0.3) is 0 Å². The van der Waals surface area contributed by atoms with Crippen molar-refractivity contribution in [2.24, 2.45) is 16.2 Å². The van der Waals surface area contributed by atoms with E-state index >= 15 is 0 Å². The van der Waals surface area contributed by atoms with Crippen LogP contribution in [-0.2, 0) is 0 Å². The van der Waals surface area contributed by atoms with Gasteiger partial charge in [-0.1, -0.05) is 0 Å². The summed E-state index contributed by atoms with van der Waals surface area (Å²) < 4.78 is 0. The standard InChI is InChI=1S/C15H33As/c1-13(2,3)10-16(11-14(4,5)6)12-15(7,8)9/h10-12H2,1-9H3. The molecule has 0 aromatic carbocycles. The van der Waals surface area contributed by atoms with Gasteiger partial charge in [-0.2, -0.15) is 0 Å². The quantitative estimate of drug-likeness (QED) is 0.591. The van der Waals surface area contributed by atoms with Crippen molar-refractivity contribution in [2.75, 3.05) is 0 Å². The first-order chi connectivity index (χ1) is 6.79. The molecule has 0 radical (unpaired) electrons. The molecule has 0 aromatic rings. The summed E-state index contributed by atoms with van der Waals surface area (Å²) in [6.07, 6.45) is 0. The second-order valence-electron chi connectivity index (χ2n) is 8.83. The van der Waals surface area contributed by atoms with Crippen molar-refractivity contribution in [3.63, 3.8) is 0 Å². The van der Waals surface area contributed by atoms with Gasteiger partial charge in [-0.15, -0.1) is 0 Å². The van der Waals surface area contributed by atoms with E-state index in [1.165, 1.54) is 15.6 Å². The molecule has 1 heteroatoms. The van der Waals surface area contributed by atoms with Gasteiger partial charge in [0.25, 0.3) is 0 Å². The molecule has 0 N–H and O–H groups in total. The Bertz CT molecular complexity index is 159. The average Bonchev–Trinajstić information content (AvgIpc) is 1.70. The molecule has 0 aliphatic rings. The number of rotatable bonds is 3. The first kappa shape index (κ1) is 16.6. The Labute approximate surface area is 109 Å². The monoisotopic (exact) mass is 288 g/mol. The van der Waals surface area contributed by atoms with E-state index in [-0.39, 0.29) is 0 Å². The van der Waals surface area contributed by atoms with Gasteiger partial charge in [-0.3, -0.25) is 0 Å². The molecule has 0 amide bonds. The molecule has 0 saturated heterocycles. The van der Waals surface area contributed by atoms with E-state index in [9.17, 15) is 0 Å². The van der Waals surface area contributed by atoms with Crippen LogP contribution in [0.4, 0.5) is 0 Å². The van der Waals surface area contributed by atoms with Gasteiger partial charge in [0, 0.05) is 0 Å². The SMILES string of the molecule is CC(C)(C)C[As](CC(C)(C)C)CC(C)(C)C. The second kappa shape index (κ2) is 5.47. The normalized spacial score (nSPS) is 14.6. The fourth-order valence-corrected chi connectivity index (χ4v) is 11.3. The Morgan fingerprint density at radius 1 is 0.500 bits per heavy atom. The zero-order valence-corrected chi connectivity index (χ0v) is 14.9. The van der Waals surface area contributed by atoms with E-state index in [4.69, 9.17) is 0 Å². The molecule has 0 aromatic heterocycles. The molecule has 0 spiro atoms. The van der Waals surface area contributed by atoms with E-state index < -0.39 is 14.7 Å². The van der Waals surface area contributed by atoms with E-state index in [0.29, 0.717) is 16.2 Å². The van der Waals surface area contributed by atoms with Gasteiger partial charge in [0.2, 0.25) is 0 Å². The van der Waals surface area contributed by atoms with Gasteiger partial charge in [0.05, 0.1) is 0 Å². The summed E-state index contributed by atoms with van der Waals surface area (Å²) >= 11 is -0.682. The summed E-state index contributed by atoms with van der Waals surface area (Å²) in [6, 6.07) is 0.